The Labute approximate surface area is 168 Å². The van der Waals surface area contributed by atoms with Crippen LogP contribution in [0, 0.1) is 5.92 Å². The topological polar surface area (TPSA) is 97.9 Å². The molecule has 3 aromatic heterocycles. The first-order valence-corrected chi connectivity index (χ1v) is 10.6. The van der Waals surface area contributed by atoms with Crippen molar-refractivity contribution in [1.82, 2.24) is 20.1 Å². The zero-order valence-corrected chi connectivity index (χ0v) is 17.1. The summed E-state index contributed by atoms with van der Waals surface area (Å²) in [7, 11) is 0. The number of aromatic nitrogens is 3. The molecule has 0 radical (unpaired) electrons. The first kappa shape index (κ1) is 18.9. The predicted molar refractivity (Wildman–Crippen MR) is 114 cm³/mol. The van der Waals surface area contributed by atoms with Crippen molar-refractivity contribution in [3.63, 3.8) is 0 Å². The molecular formula is C20H26N6OS. The number of nitrogens with zero attached hydrogens (tertiary/aromatic N) is 3. The number of carbonyl (C=O) groups excluding carboxylic acids is 1. The van der Waals surface area contributed by atoms with E-state index in [9.17, 15) is 4.79 Å². The number of fused-ring (bicyclic) bond motifs is 1. The zero-order chi connectivity index (χ0) is 19.7. The molecule has 0 bridgehead atoms. The fourth-order valence-electron chi connectivity index (χ4n) is 3.60. The van der Waals surface area contributed by atoms with Gasteiger partial charge in [0.1, 0.15) is 9.71 Å². The van der Waals surface area contributed by atoms with Gasteiger partial charge < -0.3 is 16.4 Å². The first-order chi connectivity index (χ1) is 13.5. The Morgan fingerprint density at radius 1 is 1.39 bits per heavy atom. The van der Waals surface area contributed by atoms with Gasteiger partial charge >= 0.3 is 0 Å². The summed E-state index contributed by atoms with van der Waals surface area (Å²) >= 11 is 1.34. The van der Waals surface area contributed by atoms with Crippen LogP contribution in [-0.2, 0) is 6.42 Å². The van der Waals surface area contributed by atoms with Crippen LogP contribution in [0.3, 0.4) is 0 Å². The van der Waals surface area contributed by atoms with Gasteiger partial charge in [0.2, 0.25) is 0 Å². The summed E-state index contributed by atoms with van der Waals surface area (Å²) in [5.74, 6) is 0.317. The Morgan fingerprint density at radius 2 is 2.18 bits per heavy atom. The third kappa shape index (κ3) is 3.88. The monoisotopic (exact) mass is 398 g/mol. The molecule has 1 fully saturated rings. The lowest BCUT2D eigenvalue weighted by Gasteiger charge is -2.22. The van der Waals surface area contributed by atoms with E-state index in [2.05, 4.69) is 34.6 Å². The number of pyridine rings is 1. The number of nitrogen functional groups attached to an aromatic ring is 1. The van der Waals surface area contributed by atoms with Crippen LogP contribution in [0.4, 0.5) is 11.4 Å². The highest BCUT2D eigenvalue weighted by molar-refractivity contribution is 7.21. The third-order valence-corrected chi connectivity index (χ3v) is 6.13. The molecule has 4 rings (SSSR count). The van der Waals surface area contributed by atoms with E-state index >= 15 is 0 Å². The molecule has 1 amide bonds. The molecular weight excluding hydrogens is 372 g/mol. The Balaban J connectivity index is 1.52. The molecule has 148 valence electrons. The van der Waals surface area contributed by atoms with Gasteiger partial charge in [-0.1, -0.05) is 13.8 Å². The number of carbonyl (C=O) groups is 1. The number of piperidine rings is 1. The molecule has 4 heterocycles. The standard InChI is InChI=1S/C20H26N6OS/c1-12(2)9-13-3-4-16-17(21)18(28-20(16)25-13)19(27)24-14-10-23-26(11-14)15-5-7-22-8-6-15/h3-4,10-12,15,22H,5-9,21H2,1-2H3,(H,24,27). The van der Waals surface area contributed by atoms with Gasteiger partial charge in [0.15, 0.2) is 0 Å². The van der Waals surface area contributed by atoms with E-state index in [1.165, 1.54) is 11.3 Å². The highest BCUT2D eigenvalue weighted by Gasteiger charge is 2.20. The minimum Gasteiger partial charge on any atom is -0.397 e. The van der Waals surface area contributed by atoms with E-state index in [1.54, 1.807) is 6.20 Å². The summed E-state index contributed by atoms with van der Waals surface area (Å²) < 4.78 is 1.95. The van der Waals surface area contributed by atoms with Crippen LogP contribution >= 0.6 is 11.3 Å². The quantitative estimate of drug-likeness (QED) is 0.611. The largest absolute Gasteiger partial charge is 0.397 e. The van der Waals surface area contributed by atoms with Crippen LogP contribution in [0.15, 0.2) is 24.5 Å². The molecule has 8 heteroatoms. The van der Waals surface area contributed by atoms with Crippen molar-refractivity contribution < 1.29 is 4.79 Å². The number of hydrogen-bond donors (Lipinski definition) is 3. The van der Waals surface area contributed by atoms with Gasteiger partial charge in [-0.15, -0.1) is 11.3 Å². The number of rotatable bonds is 5. The van der Waals surface area contributed by atoms with Crippen molar-refractivity contribution in [2.75, 3.05) is 24.1 Å². The molecule has 0 aliphatic carbocycles. The summed E-state index contributed by atoms with van der Waals surface area (Å²) in [6, 6.07) is 4.35. The smallest absolute Gasteiger partial charge is 0.268 e. The molecule has 1 aliphatic rings. The Bertz CT molecular complexity index is 986. The molecule has 3 aromatic rings. The SMILES string of the molecule is CC(C)Cc1ccc2c(N)c(C(=O)Nc3cnn(C4CCNCC4)c3)sc2n1. The lowest BCUT2D eigenvalue weighted by molar-refractivity contribution is 0.103. The number of hydrogen-bond acceptors (Lipinski definition) is 6. The van der Waals surface area contributed by atoms with Crippen molar-refractivity contribution in [2.24, 2.45) is 5.92 Å². The Hall–Kier alpha value is -2.45. The first-order valence-electron chi connectivity index (χ1n) is 9.75. The zero-order valence-electron chi connectivity index (χ0n) is 16.2. The number of nitrogens with one attached hydrogen (secondary N) is 2. The minimum atomic E-state index is -0.212. The molecule has 0 atom stereocenters. The molecule has 0 unspecified atom stereocenters. The number of anilines is 2. The molecule has 28 heavy (non-hydrogen) atoms. The second kappa shape index (κ2) is 7.89. The van der Waals surface area contributed by atoms with Crippen LogP contribution < -0.4 is 16.4 Å². The minimum absolute atomic E-state index is 0.212. The molecule has 4 N–H and O–H groups in total. The maximum Gasteiger partial charge on any atom is 0.268 e. The lowest BCUT2D eigenvalue weighted by Crippen LogP contribution is -2.29. The van der Waals surface area contributed by atoms with Crippen LogP contribution in [0.5, 0.6) is 0 Å². The fourth-order valence-corrected chi connectivity index (χ4v) is 4.61. The highest BCUT2D eigenvalue weighted by atomic mass is 32.1. The van der Waals surface area contributed by atoms with Crippen molar-refractivity contribution in [2.45, 2.75) is 39.2 Å². The van der Waals surface area contributed by atoms with Gasteiger partial charge in [0.25, 0.3) is 5.91 Å². The van der Waals surface area contributed by atoms with Crippen LogP contribution in [0.2, 0.25) is 0 Å². The number of thiophene rings is 1. The molecule has 0 aromatic carbocycles. The lowest BCUT2D eigenvalue weighted by atomic mass is 10.1. The van der Waals surface area contributed by atoms with Gasteiger partial charge in [-0.05, 0) is 50.4 Å². The second-order valence-electron chi connectivity index (χ2n) is 7.74. The summed E-state index contributed by atoms with van der Waals surface area (Å²) in [6.07, 6.45) is 6.59. The van der Waals surface area contributed by atoms with E-state index in [-0.39, 0.29) is 5.91 Å². The molecule has 0 saturated carbocycles. The van der Waals surface area contributed by atoms with E-state index in [4.69, 9.17) is 5.73 Å². The number of amides is 1. The van der Waals surface area contributed by atoms with Gasteiger partial charge in [0, 0.05) is 17.3 Å². The maximum atomic E-state index is 12.8. The molecule has 7 nitrogen and oxygen atoms in total. The fraction of sp³-hybridized carbons (Fsp3) is 0.450. The van der Waals surface area contributed by atoms with E-state index in [1.807, 2.05) is 23.0 Å². The van der Waals surface area contributed by atoms with E-state index in [0.717, 1.165) is 48.3 Å². The maximum absolute atomic E-state index is 12.8. The third-order valence-electron chi connectivity index (χ3n) is 5.02. The highest BCUT2D eigenvalue weighted by Crippen LogP contribution is 2.33. The van der Waals surface area contributed by atoms with E-state index < -0.39 is 0 Å². The Morgan fingerprint density at radius 3 is 2.93 bits per heavy atom. The summed E-state index contributed by atoms with van der Waals surface area (Å²) in [5, 5.41) is 11.5. The van der Waals surface area contributed by atoms with Gasteiger partial charge in [-0.2, -0.15) is 5.10 Å². The molecule has 0 spiro atoms. The summed E-state index contributed by atoms with van der Waals surface area (Å²) in [4.78, 5) is 18.8. The number of nitrogens with two attached hydrogens (primary N) is 1. The van der Waals surface area contributed by atoms with Gasteiger partial charge in [-0.25, -0.2) is 4.98 Å². The normalized spacial score (nSPS) is 15.4. The average Bonchev–Trinajstić information content (AvgIpc) is 3.26. The summed E-state index contributed by atoms with van der Waals surface area (Å²) in [5.41, 5.74) is 8.46. The predicted octanol–water partition coefficient (Wildman–Crippen LogP) is 3.45. The van der Waals surface area contributed by atoms with Gasteiger partial charge in [-0.3, -0.25) is 9.48 Å². The van der Waals surface area contributed by atoms with Crippen LogP contribution in [0.25, 0.3) is 10.2 Å². The van der Waals surface area contributed by atoms with Gasteiger partial charge in [0.05, 0.1) is 23.6 Å². The summed E-state index contributed by atoms with van der Waals surface area (Å²) in [6.45, 7) is 6.32. The molecule has 1 saturated heterocycles. The van der Waals surface area contributed by atoms with Crippen LogP contribution in [0.1, 0.15) is 48.1 Å². The second-order valence-corrected chi connectivity index (χ2v) is 8.74. The van der Waals surface area contributed by atoms with Crippen molar-refractivity contribution >= 4 is 38.8 Å². The Kier molecular flexibility index (Phi) is 5.32. The molecule has 1 aliphatic heterocycles. The van der Waals surface area contributed by atoms with Crippen molar-refractivity contribution in [3.8, 4) is 0 Å². The van der Waals surface area contributed by atoms with E-state index in [0.29, 0.717) is 28.2 Å². The van der Waals surface area contributed by atoms with Crippen LogP contribution in [-0.4, -0.2) is 33.8 Å². The van der Waals surface area contributed by atoms with Crippen molar-refractivity contribution in [1.29, 1.82) is 0 Å². The average molecular weight is 399 g/mol. The van der Waals surface area contributed by atoms with Crippen molar-refractivity contribution in [3.05, 3.63) is 35.1 Å².